The Balaban J connectivity index is 0.00000182. The molecule has 1 atom stereocenters. The Labute approximate surface area is 173 Å². The number of carboxylic acids is 1. The number of para-hydroxylation sites is 1. The maximum atomic E-state index is 12.2. The molecule has 2 aliphatic rings. The molecule has 1 aromatic carbocycles. The second kappa shape index (κ2) is 11.4. The quantitative estimate of drug-likeness (QED) is 0.769. The zero-order valence-electron chi connectivity index (χ0n) is 15.5. The lowest BCUT2D eigenvalue weighted by Crippen LogP contribution is -2.46. The van der Waals surface area contributed by atoms with E-state index in [0.29, 0.717) is 25.9 Å². The third-order valence-corrected chi connectivity index (χ3v) is 5.25. The first kappa shape index (κ1) is 23.5. The van der Waals surface area contributed by atoms with Gasteiger partial charge in [-0.1, -0.05) is 18.2 Å². The number of carbonyl (C=O) groups is 2. The number of halogens is 2. The summed E-state index contributed by atoms with van der Waals surface area (Å²) < 4.78 is 0. The van der Waals surface area contributed by atoms with E-state index in [-0.39, 0.29) is 36.6 Å². The summed E-state index contributed by atoms with van der Waals surface area (Å²) in [6.45, 7) is 5.98. The van der Waals surface area contributed by atoms with Crippen LogP contribution in [0.15, 0.2) is 30.3 Å². The van der Waals surface area contributed by atoms with E-state index in [1.807, 2.05) is 6.07 Å². The fraction of sp³-hybridized carbons (Fsp3) is 0.579. The number of hydrogen-bond donors (Lipinski definition) is 1. The van der Waals surface area contributed by atoms with Gasteiger partial charge in [-0.15, -0.1) is 24.8 Å². The van der Waals surface area contributed by atoms with Gasteiger partial charge in [0.2, 0.25) is 5.91 Å². The predicted molar refractivity (Wildman–Crippen MR) is 111 cm³/mol. The third kappa shape index (κ3) is 6.55. The van der Waals surface area contributed by atoms with Crippen molar-refractivity contribution in [1.82, 2.24) is 9.80 Å². The Kier molecular flexibility index (Phi) is 9.91. The lowest BCUT2D eigenvalue weighted by atomic mass is 10.1. The molecule has 0 aliphatic carbocycles. The number of benzene rings is 1. The first-order valence-corrected chi connectivity index (χ1v) is 9.16. The summed E-state index contributed by atoms with van der Waals surface area (Å²) in [4.78, 5) is 29.7. The van der Waals surface area contributed by atoms with Gasteiger partial charge < -0.3 is 14.9 Å². The van der Waals surface area contributed by atoms with E-state index < -0.39 is 5.97 Å². The molecule has 2 fully saturated rings. The van der Waals surface area contributed by atoms with Crippen molar-refractivity contribution in [2.75, 3.05) is 50.7 Å². The molecule has 0 radical (unpaired) electrons. The van der Waals surface area contributed by atoms with Gasteiger partial charge in [0.25, 0.3) is 0 Å². The molecule has 1 N–H and O–H groups in total. The van der Waals surface area contributed by atoms with Crippen molar-refractivity contribution >= 4 is 42.4 Å². The second-order valence-corrected chi connectivity index (χ2v) is 6.93. The molecule has 27 heavy (non-hydrogen) atoms. The van der Waals surface area contributed by atoms with Crippen LogP contribution in [0.25, 0.3) is 0 Å². The van der Waals surface area contributed by atoms with Crippen LogP contribution in [0.1, 0.15) is 19.3 Å². The Morgan fingerprint density at radius 1 is 1.00 bits per heavy atom. The molecule has 1 amide bonds. The Bertz CT molecular complexity index is 595. The van der Waals surface area contributed by atoms with Crippen LogP contribution in [0.2, 0.25) is 0 Å². The van der Waals surface area contributed by atoms with Crippen molar-refractivity contribution < 1.29 is 14.7 Å². The minimum atomic E-state index is -0.786. The van der Waals surface area contributed by atoms with E-state index in [0.717, 1.165) is 39.1 Å². The van der Waals surface area contributed by atoms with Crippen LogP contribution in [-0.4, -0.2) is 72.6 Å². The van der Waals surface area contributed by atoms with E-state index in [4.69, 9.17) is 5.11 Å². The van der Waals surface area contributed by atoms with Crippen LogP contribution in [0.3, 0.4) is 0 Å². The van der Waals surface area contributed by atoms with Crippen molar-refractivity contribution in [2.24, 2.45) is 5.92 Å². The van der Waals surface area contributed by atoms with Crippen LogP contribution < -0.4 is 4.90 Å². The third-order valence-electron chi connectivity index (χ3n) is 5.25. The molecule has 152 valence electrons. The summed E-state index contributed by atoms with van der Waals surface area (Å²) in [5.41, 5.74) is 1.28. The molecule has 2 saturated heterocycles. The van der Waals surface area contributed by atoms with Crippen molar-refractivity contribution in [3.8, 4) is 0 Å². The van der Waals surface area contributed by atoms with E-state index in [1.165, 1.54) is 5.69 Å². The summed E-state index contributed by atoms with van der Waals surface area (Å²) in [5, 5.41) is 9.01. The monoisotopic (exact) mass is 417 g/mol. The highest BCUT2D eigenvalue weighted by molar-refractivity contribution is 5.85. The number of aliphatic carboxylic acids is 1. The zero-order chi connectivity index (χ0) is 17.6. The second-order valence-electron chi connectivity index (χ2n) is 6.93. The van der Waals surface area contributed by atoms with Crippen molar-refractivity contribution in [3.05, 3.63) is 30.3 Å². The highest BCUT2D eigenvalue weighted by atomic mass is 35.5. The normalized spacial score (nSPS) is 19.9. The van der Waals surface area contributed by atoms with Gasteiger partial charge >= 0.3 is 5.97 Å². The average Bonchev–Trinajstić information content (AvgIpc) is 3.14. The van der Waals surface area contributed by atoms with Gasteiger partial charge in [0, 0.05) is 51.4 Å². The molecule has 8 heteroatoms. The molecular formula is C19H29Cl2N3O3. The number of hydrogen-bond acceptors (Lipinski definition) is 4. The number of anilines is 1. The summed E-state index contributed by atoms with van der Waals surface area (Å²) in [7, 11) is 0. The van der Waals surface area contributed by atoms with Crippen molar-refractivity contribution in [2.45, 2.75) is 19.3 Å². The first-order chi connectivity index (χ1) is 12.1. The summed E-state index contributed by atoms with van der Waals surface area (Å²) in [6, 6.07) is 10.5. The molecule has 1 aromatic rings. The average molecular weight is 418 g/mol. The molecule has 3 rings (SSSR count). The fourth-order valence-electron chi connectivity index (χ4n) is 3.67. The van der Waals surface area contributed by atoms with Gasteiger partial charge in [0.05, 0.1) is 5.92 Å². The molecule has 6 nitrogen and oxygen atoms in total. The van der Waals surface area contributed by atoms with Crippen LogP contribution in [0.4, 0.5) is 5.69 Å². The van der Waals surface area contributed by atoms with Crippen molar-refractivity contribution in [1.29, 1.82) is 0 Å². The summed E-state index contributed by atoms with van der Waals surface area (Å²) in [6.07, 6.45) is 1.95. The van der Waals surface area contributed by atoms with Gasteiger partial charge in [-0.05, 0) is 31.5 Å². The minimum absolute atomic E-state index is 0. The Morgan fingerprint density at radius 2 is 1.67 bits per heavy atom. The SMILES string of the molecule is Cl.Cl.O=C(O)C1CCN(C(=O)CCCN2CCN(c3ccccc3)CC2)C1. The van der Waals surface area contributed by atoms with Crippen LogP contribution in [0.5, 0.6) is 0 Å². The van der Waals surface area contributed by atoms with Gasteiger partial charge in [-0.3, -0.25) is 14.5 Å². The number of carbonyl (C=O) groups excluding carboxylic acids is 1. The minimum Gasteiger partial charge on any atom is -0.481 e. The number of carboxylic acid groups (broad SMARTS) is 1. The lowest BCUT2D eigenvalue weighted by molar-refractivity contribution is -0.141. The van der Waals surface area contributed by atoms with Gasteiger partial charge in [0.15, 0.2) is 0 Å². The number of amides is 1. The predicted octanol–water partition coefficient (Wildman–Crippen LogP) is 2.37. The number of piperazine rings is 1. The zero-order valence-corrected chi connectivity index (χ0v) is 17.1. The molecule has 0 aromatic heterocycles. The maximum absolute atomic E-state index is 12.2. The standard InChI is InChI=1S/C19H27N3O3.2ClH/c23-18(22-10-8-16(15-22)19(24)25)7-4-9-20-11-13-21(14-12-20)17-5-2-1-3-6-17;;/h1-3,5-6,16H,4,7-15H2,(H,24,25);2*1H. The number of nitrogens with zero attached hydrogens (tertiary/aromatic N) is 3. The number of rotatable bonds is 6. The Morgan fingerprint density at radius 3 is 2.26 bits per heavy atom. The fourth-order valence-corrected chi connectivity index (χ4v) is 3.67. The van der Waals surface area contributed by atoms with Crippen LogP contribution >= 0.6 is 24.8 Å². The number of likely N-dealkylation sites (tertiary alicyclic amines) is 1. The van der Waals surface area contributed by atoms with Gasteiger partial charge in [-0.25, -0.2) is 0 Å². The maximum Gasteiger partial charge on any atom is 0.308 e. The molecule has 0 spiro atoms. The van der Waals surface area contributed by atoms with E-state index >= 15 is 0 Å². The molecular weight excluding hydrogens is 389 g/mol. The van der Waals surface area contributed by atoms with Gasteiger partial charge in [0.1, 0.15) is 0 Å². The summed E-state index contributed by atoms with van der Waals surface area (Å²) in [5.74, 6) is -1.06. The highest BCUT2D eigenvalue weighted by Crippen LogP contribution is 2.18. The summed E-state index contributed by atoms with van der Waals surface area (Å²) >= 11 is 0. The molecule has 2 aliphatic heterocycles. The van der Waals surface area contributed by atoms with Crippen LogP contribution in [-0.2, 0) is 9.59 Å². The molecule has 0 saturated carbocycles. The van der Waals surface area contributed by atoms with E-state index in [2.05, 4.69) is 34.1 Å². The Hall–Kier alpha value is -1.50. The van der Waals surface area contributed by atoms with Gasteiger partial charge in [-0.2, -0.15) is 0 Å². The molecule has 0 bridgehead atoms. The molecule has 2 heterocycles. The van der Waals surface area contributed by atoms with E-state index in [1.54, 1.807) is 4.90 Å². The first-order valence-electron chi connectivity index (χ1n) is 9.16. The smallest absolute Gasteiger partial charge is 0.308 e. The lowest BCUT2D eigenvalue weighted by Gasteiger charge is -2.36. The van der Waals surface area contributed by atoms with Crippen molar-refractivity contribution in [3.63, 3.8) is 0 Å². The van der Waals surface area contributed by atoms with Crippen LogP contribution in [0, 0.1) is 5.92 Å². The molecule has 1 unspecified atom stereocenters. The largest absolute Gasteiger partial charge is 0.481 e. The van der Waals surface area contributed by atoms with E-state index in [9.17, 15) is 9.59 Å². The topological polar surface area (TPSA) is 64.1 Å². The highest BCUT2D eigenvalue weighted by Gasteiger charge is 2.30.